The van der Waals surface area contributed by atoms with E-state index < -0.39 is 45.9 Å². The molecule has 5 rings (SSSR count). The normalized spacial score (nSPS) is 12.8. The van der Waals surface area contributed by atoms with Crippen molar-refractivity contribution in [1.82, 2.24) is 0 Å². The summed E-state index contributed by atoms with van der Waals surface area (Å²) in [6.07, 6.45) is -1.11. The lowest BCUT2D eigenvalue weighted by Crippen LogP contribution is -2.31. The number of ketones is 3. The van der Waals surface area contributed by atoms with Crippen molar-refractivity contribution in [3.8, 4) is 0 Å². The Kier molecular flexibility index (Phi) is 13.7. The number of anilines is 2. The third-order valence-corrected chi connectivity index (χ3v) is 10.2. The van der Waals surface area contributed by atoms with E-state index in [0.717, 1.165) is 33.6 Å². The van der Waals surface area contributed by atoms with Crippen LogP contribution in [-0.2, 0) is 26.2 Å². The summed E-state index contributed by atoms with van der Waals surface area (Å²) in [5.41, 5.74) is 0.809. The highest BCUT2D eigenvalue weighted by Crippen LogP contribution is 2.30. The van der Waals surface area contributed by atoms with Gasteiger partial charge in [-0.3, -0.25) is 14.4 Å². The number of nitrogens with zero attached hydrogens (tertiary/aromatic N) is 2. The van der Waals surface area contributed by atoms with E-state index in [0.29, 0.717) is 48.4 Å². The van der Waals surface area contributed by atoms with E-state index in [1.54, 1.807) is 74.5 Å². The van der Waals surface area contributed by atoms with Crippen LogP contribution >= 0.6 is 0 Å². The lowest BCUT2D eigenvalue weighted by Gasteiger charge is -2.29. The molecule has 0 fully saturated rings. The zero-order valence-electron chi connectivity index (χ0n) is 35.8. The fourth-order valence-electron chi connectivity index (χ4n) is 6.99. The molecule has 5 aromatic rings. The van der Waals surface area contributed by atoms with Crippen molar-refractivity contribution in [3.63, 3.8) is 0 Å². The SMILES string of the molecule is CC(C)(O)C(=O)c1cccc(CN(Cc2cccc(C(=O)C(C)(C)O)c2)c2ccc(N(Cc3cccc(C(=O)C(C)(C)O)c3)Cc3cccc(C(O)C(C)(C)O)c3)cc2)c1. The van der Waals surface area contributed by atoms with Crippen molar-refractivity contribution >= 4 is 28.7 Å². The summed E-state index contributed by atoms with van der Waals surface area (Å²) >= 11 is 0. The Morgan fingerprint density at radius 2 is 0.733 bits per heavy atom. The second-order valence-corrected chi connectivity index (χ2v) is 17.8. The van der Waals surface area contributed by atoms with Crippen LogP contribution in [0.1, 0.15) is 120 Å². The van der Waals surface area contributed by atoms with E-state index in [-0.39, 0.29) is 0 Å². The van der Waals surface area contributed by atoms with Gasteiger partial charge < -0.3 is 35.3 Å². The molecule has 60 heavy (non-hydrogen) atoms. The molecule has 0 spiro atoms. The zero-order valence-corrected chi connectivity index (χ0v) is 35.8. The third kappa shape index (κ3) is 11.8. The standard InChI is InChI=1S/C50H58N2O8/c1-47(2,57)43(53)37-17-9-13-33(25-37)29-51(30-34-14-10-18-38(26-34)44(54)48(3,4)58)41-21-23-42(24-22-41)52(31-35-15-11-19-39(27-35)45(55)49(5,6)59)32-36-16-12-20-40(28-36)46(56)50(7,8)60/h9-28,43,53,57-60H,29-32H2,1-8H3. The number of carbonyl (C=O) groups excluding carboxylic acids is 3. The molecular weight excluding hydrogens is 757 g/mol. The molecule has 10 heteroatoms. The molecule has 5 aromatic carbocycles. The van der Waals surface area contributed by atoms with Crippen molar-refractivity contribution in [3.05, 3.63) is 166 Å². The Hall–Kier alpha value is -5.49. The Morgan fingerprint density at radius 1 is 0.450 bits per heavy atom. The van der Waals surface area contributed by atoms with Gasteiger partial charge in [0.1, 0.15) is 22.9 Å². The highest BCUT2D eigenvalue weighted by molar-refractivity contribution is 6.03. The molecule has 0 radical (unpaired) electrons. The number of aliphatic hydroxyl groups excluding tert-OH is 1. The highest BCUT2D eigenvalue weighted by Gasteiger charge is 2.29. The van der Waals surface area contributed by atoms with E-state index in [2.05, 4.69) is 9.80 Å². The maximum Gasteiger partial charge on any atom is 0.193 e. The third-order valence-electron chi connectivity index (χ3n) is 10.2. The summed E-state index contributed by atoms with van der Waals surface area (Å²) in [5, 5.41) is 52.8. The van der Waals surface area contributed by atoms with Gasteiger partial charge in [-0.1, -0.05) is 78.9 Å². The molecule has 0 aliphatic rings. The summed E-state index contributed by atoms with van der Waals surface area (Å²) in [6, 6.07) is 36.9. The minimum Gasteiger partial charge on any atom is -0.387 e. The first-order chi connectivity index (χ1) is 27.9. The molecule has 0 aliphatic heterocycles. The molecule has 10 nitrogen and oxygen atoms in total. The predicted octanol–water partition coefficient (Wildman–Crippen LogP) is 7.77. The molecular formula is C50H58N2O8. The van der Waals surface area contributed by atoms with Crippen molar-refractivity contribution in [2.24, 2.45) is 0 Å². The number of Topliss-reactive ketones (excluding diaryl/α,β-unsaturated/α-hetero) is 3. The lowest BCUT2D eigenvalue weighted by atomic mass is 9.93. The van der Waals surface area contributed by atoms with Gasteiger partial charge in [-0.15, -0.1) is 0 Å². The molecule has 1 atom stereocenters. The molecule has 0 heterocycles. The van der Waals surface area contributed by atoms with Crippen LogP contribution in [0, 0.1) is 0 Å². The van der Waals surface area contributed by atoms with Crippen LogP contribution in [0.25, 0.3) is 0 Å². The second-order valence-electron chi connectivity index (χ2n) is 17.8. The second kappa shape index (κ2) is 18.0. The Morgan fingerprint density at radius 3 is 1.02 bits per heavy atom. The van der Waals surface area contributed by atoms with Gasteiger partial charge >= 0.3 is 0 Å². The number of benzene rings is 5. The number of hydrogen-bond donors (Lipinski definition) is 5. The predicted molar refractivity (Wildman–Crippen MR) is 235 cm³/mol. The van der Waals surface area contributed by atoms with Gasteiger partial charge in [0.25, 0.3) is 0 Å². The van der Waals surface area contributed by atoms with Gasteiger partial charge in [0.15, 0.2) is 17.3 Å². The highest BCUT2D eigenvalue weighted by atomic mass is 16.3. The van der Waals surface area contributed by atoms with Crippen LogP contribution in [-0.4, -0.2) is 65.3 Å². The molecule has 0 bridgehead atoms. The maximum absolute atomic E-state index is 13.0. The van der Waals surface area contributed by atoms with Crippen LogP contribution in [0.4, 0.5) is 11.4 Å². The monoisotopic (exact) mass is 814 g/mol. The topological polar surface area (TPSA) is 159 Å². The van der Waals surface area contributed by atoms with E-state index in [1.165, 1.54) is 41.5 Å². The quantitative estimate of drug-likeness (QED) is 0.0554. The Labute approximate surface area is 353 Å². The van der Waals surface area contributed by atoms with Crippen LogP contribution in [0.3, 0.4) is 0 Å². The van der Waals surface area contributed by atoms with Gasteiger partial charge in [-0.05, 0) is 126 Å². The summed E-state index contributed by atoms with van der Waals surface area (Å²) in [5.74, 6) is -1.18. The molecule has 0 aliphatic carbocycles. The smallest absolute Gasteiger partial charge is 0.193 e. The Balaban J connectivity index is 1.54. The zero-order chi connectivity index (χ0) is 44.2. The summed E-state index contributed by atoms with van der Waals surface area (Å²) in [6.45, 7) is 13.4. The molecule has 1 unspecified atom stereocenters. The van der Waals surface area contributed by atoms with E-state index in [9.17, 15) is 39.9 Å². The molecule has 0 aromatic heterocycles. The van der Waals surface area contributed by atoms with E-state index >= 15 is 0 Å². The fourth-order valence-corrected chi connectivity index (χ4v) is 6.99. The van der Waals surface area contributed by atoms with Crippen molar-refractivity contribution in [2.45, 2.75) is 110 Å². The number of hydrogen-bond acceptors (Lipinski definition) is 10. The van der Waals surface area contributed by atoms with Gasteiger partial charge in [-0.2, -0.15) is 0 Å². The molecule has 0 amide bonds. The largest absolute Gasteiger partial charge is 0.387 e. The molecule has 5 N–H and O–H groups in total. The molecule has 0 saturated carbocycles. The summed E-state index contributed by atoms with van der Waals surface area (Å²) in [4.78, 5) is 43.3. The van der Waals surface area contributed by atoms with Crippen LogP contribution in [0.5, 0.6) is 0 Å². The molecule has 0 saturated heterocycles. The lowest BCUT2D eigenvalue weighted by molar-refractivity contribution is -0.0497. The van der Waals surface area contributed by atoms with Gasteiger partial charge in [-0.25, -0.2) is 0 Å². The van der Waals surface area contributed by atoms with Crippen LogP contribution < -0.4 is 9.80 Å². The number of carbonyl (C=O) groups is 3. The summed E-state index contributed by atoms with van der Waals surface area (Å²) in [7, 11) is 0. The van der Waals surface area contributed by atoms with Crippen molar-refractivity contribution < 1.29 is 39.9 Å². The van der Waals surface area contributed by atoms with Gasteiger partial charge in [0, 0.05) is 54.2 Å². The Bertz CT molecular complexity index is 2240. The van der Waals surface area contributed by atoms with Crippen LogP contribution in [0.15, 0.2) is 121 Å². The van der Waals surface area contributed by atoms with Gasteiger partial charge in [0.05, 0.1) is 5.60 Å². The van der Waals surface area contributed by atoms with Gasteiger partial charge in [0.2, 0.25) is 0 Å². The minimum atomic E-state index is -1.55. The average molecular weight is 815 g/mol. The first-order valence-corrected chi connectivity index (χ1v) is 20.1. The average Bonchev–Trinajstić information content (AvgIpc) is 3.18. The first-order valence-electron chi connectivity index (χ1n) is 20.1. The van der Waals surface area contributed by atoms with Crippen molar-refractivity contribution in [2.75, 3.05) is 9.80 Å². The van der Waals surface area contributed by atoms with Crippen molar-refractivity contribution in [1.29, 1.82) is 0 Å². The summed E-state index contributed by atoms with van der Waals surface area (Å²) < 4.78 is 0. The maximum atomic E-state index is 13.0. The first kappa shape index (κ1) is 45.6. The molecule has 316 valence electrons. The van der Waals surface area contributed by atoms with E-state index in [1.807, 2.05) is 60.7 Å². The van der Waals surface area contributed by atoms with Crippen LogP contribution in [0.2, 0.25) is 0 Å². The van der Waals surface area contributed by atoms with E-state index in [4.69, 9.17) is 0 Å². The number of aliphatic hydroxyl groups is 5. The minimum absolute atomic E-state index is 0.373. The number of rotatable bonds is 18. The fraction of sp³-hybridized carbons (Fsp3) is 0.340.